The molecular formula is C10H18O6. The predicted molar refractivity (Wildman–Crippen MR) is 52.2 cm³/mol. The molecule has 2 rings (SSSR count). The van der Waals surface area contributed by atoms with Crippen molar-refractivity contribution in [2.24, 2.45) is 23.7 Å². The Bertz CT molecular complexity index is 236. The Hall–Kier alpha value is -0.240. The van der Waals surface area contributed by atoms with Crippen molar-refractivity contribution in [1.82, 2.24) is 0 Å². The van der Waals surface area contributed by atoms with E-state index in [4.69, 9.17) is 0 Å². The average molecular weight is 234 g/mol. The highest BCUT2D eigenvalue weighted by Gasteiger charge is 2.61. The van der Waals surface area contributed by atoms with Gasteiger partial charge in [-0.3, -0.25) is 0 Å². The lowest BCUT2D eigenvalue weighted by Crippen LogP contribution is -2.39. The van der Waals surface area contributed by atoms with Crippen molar-refractivity contribution in [3.8, 4) is 0 Å². The molecule has 0 saturated heterocycles. The first-order valence-corrected chi connectivity index (χ1v) is 5.48. The van der Waals surface area contributed by atoms with Gasteiger partial charge in [0.25, 0.3) is 0 Å². The van der Waals surface area contributed by atoms with E-state index in [1.54, 1.807) is 0 Å². The molecule has 6 nitrogen and oxygen atoms in total. The molecule has 8 atom stereocenters. The zero-order valence-electron chi connectivity index (χ0n) is 8.72. The lowest BCUT2D eigenvalue weighted by molar-refractivity contribution is -0.0650. The molecule has 0 radical (unpaired) electrons. The Labute approximate surface area is 92.8 Å². The first kappa shape index (κ1) is 12.2. The maximum Gasteiger partial charge on any atom is 0.106 e. The number of rotatable bonds is 2. The normalized spacial score (nSPS) is 56.6. The summed E-state index contributed by atoms with van der Waals surface area (Å²) in [6.45, 7) is -0.676. The van der Waals surface area contributed by atoms with Gasteiger partial charge in [-0.05, 0) is 0 Å². The van der Waals surface area contributed by atoms with Crippen molar-refractivity contribution < 1.29 is 30.6 Å². The Morgan fingerprint density at radius 3 is 1.25 bits per heavy atom. The van der Waals surface area contributed by atoms with Crippen LogP contribution in [0.15, 0.2) is 0 Å². The Morgan fingerprint density at radius 2 is 0.938 bits per heavy atom. The molecule has 2 aliphatic rings. The summed E-state index contributed by atoms with van der Waals surface area (Å²) in [5, 5.41) is 57.2. The highest BCUT2D eigenvalue weighted by Crippen LogP contribution is 2.50. The van der Waals surface area contributed by atoms with Gasteiger partial charge in [0.1, 0.15) is 6.10 Å². The maximum atomic E-state index is 9.85. The fourth-order valence-corrected chi connectivity index (χ4v) is 3.42. The SMILES string of the molecule is OC[C@@H]1C(O)[C@H](CO)[C@H]2[C@@H]1[C@@H](O)C(O)[C@@H]2O. The van der Waals surface area contributed by atoms with Gasteiger partial charge in [0.2, 0.25) is 0 Å². The fraction of sp³-hybridized carbons (Fsp3) is 1.00. The van der Waals surface area contributed by atoms with Gasteiger partial charge < -0.3 is 30.6 Å². The third kappa shape index (κ3) is 1.42. The van der Waals surface area contributed by atoms with Crippen molar-refractivity contribution in [2.45, 2.75) is 24.4 Å². The van der Waals surface area contributed by atoms with Crippen molar-refractivity contribution in [3.63, 3.8) is 0 Å². The van der Waals surface area contributed by atoms with Crippen LogP contribution in [-0.4, -0.2) is 68.3 Å². The summed E-state index contributed by atoms with van der Waals surface area (Å²) in [7, 11) is 0. The smallest absolute Gasteiger partial charge is 0.106 e. The van der Waals surface area contributed by atoms with E-state index in [1.807, 2.05) is 0 Å². The van der Waals surface area contributed by atoms with E-state index in [0.717, 1.165) is 0 Å². The molecule has 0 bridgehead atoms. The van der Waals surface area contributed by atoms with E-state index in [0.29, 0.717) is 0 Å². The lowest BCUT2D eigenvalue weighted by atomic mass is 9.88. The van der Waals surface area contributed by atoms with Crippen LogP contribution in [0.25, 0.3) is 0 Å². The molecule has 0 aromatic carbocycles. The highest BCUT2D eigenvalue weighted by molar-refractivity contribution is 5.10. The molecule has 2 fully saturated rings. The minimum Gasteiger partial charge on any atom is -0.396 e. The molecule has 6 N–H and O–H groups in total. The van der Waals surface area contributed by atoms with Gasteiger partial charge in [0.15, 0.2) is 0 Å². The Balaban J connectivity index is 2.31. The van der Waals surface area contributed by atoms with E-state index in [-0.39, 0.29) is 13.2 Å². The van der Waals surface area contributed by atoms with E-state index < -0.39 is 48.1 Å². The van der Waals surface area contributed by atoms with Crippen molar-refractivity contribution >= 4 is 0 Å². The number of hydrogen-bond acceptors (Lipinski definition) is 6. The van der Waals surface area contributed by atoms with Crippen LogP contribution >= 0.6 is 0 Å². The molecule has 6 heteroatoms. The Morgan fingerprint density at radius 1 is 0.562 bits per heavy atom. The second-order valence-corrected chi connectivity index (χ2v) is 4.81. The molecule has 0 amide bonds. The molecule has 94 valence electrons. The first-order valence-electron chi connectivity index (χ1n) is 5.48. The van der Waals surface area contributed by atoms with Crippen LogP contribution in [0.4, 0.5) is 0 Å². The van der Waals surface area contributed by atoms with Gasteiger partial charge in [-0.2, -0.15) is 0 Å². The Kier molecular flexibility index (Phi) is 3.22. The maximum absolute atomic E-state index is 9.85. The van der Waals surface area contributed by atoms with E-state index in [1.165, 1.54) is 0 Å². The van der Waals surface area contributed by atoms with Crippen LogP contribution in [0.3, 0.4) is 0 Å². The monoisotopic (exact) mass is 234 g/mol. The van der Waals surface area contributed by atoms with Crippen LogP contribution in [-0.2, 0) is 0 Å². The standard InChI is InChI=1S/C10H18O6/c11-1-3-5-6(4(2-12)7(3)13)9(15)10(16)8(5)14/h3-16H,1-2H2/t3-,4+,5+,6-,7?,8-,9-,10?/m1/s1. The van der Waals surface area contributed by atoms with E-state index >= 15 is 0 Å². The molecule has 16 heavy (non-hydrogen) atoms. The van der Waals surface area contributed by atoms with Crippen molar-refractivity contribution in [3.05, 3.63) is 0 Å². The van der Waals surface area contributed by atoms with Crippen molar-refractivity contribution in [2.75, 3.05) is 13.2 Å². The minimum atomic E-state index is -1.27. The summed E-state index contributed by atoms with van der Waals surface area (Å²) >= 11 is 0. The zero-order chi connectivity index (χ0) is 12.0. The molecular weight excluding hydrogens is 216 g/mol. The summed E-state index contributed by atoms with van der Waals surface area (Å²) in [5.74, 6) is -2.35. The number of aliphatic hydroxyl groups is 6. The average Bonchev–Trinajstić information content (AvgIpc) is 2.67. The zero-order valence-corrected chi connectivity index (χ0v) is 8.72. The lowest BCUT2D eigenvalue weighted by Gasteiger charge is -2.24. The van der Waals surface area contributed by atoms with E-state index in [2.05, 4.69) is 0 Å². The predicted octanol–water partition coefficient (Wildman–Crippen LogP) is -3.09. The molecule has 0 aliphatic heterocycles. The van der Waals surface area contributed by atoms with Gasteiger partial charge in [-0.1, -0.05) is 0 Å². The van der Waals surface area contributed by atoms with Crippen LogP contribution < -0.4 is 0 Å². The summed E-state index contributed by atoms with van der Waals surface area (Å²) in [5.41, 5.74) is 0. The van der Waals surface area contributed by atoms with Crippen LogP contribution in [0.2, 0.25) is 0 Å². The summed E-state index contributed by atoms with van der Waals surface area (Å²) in [6.07, 6.45) is -4.56. The second-order valence-electron chi connectivity index (χ2n) is 4.81. The largest absolute Gasteiger partial charge is 0.396 e. The number of fused-ring (bicyclic) bond motifs is 1. The van der Waals surface area contributed by atoms with Gasteiger partial charge in [-0.25, -0.2) is 0 Å². The topological polar surface area (TPSA) is 121 Å². The molecule has 0 spiro atoms. The van der Waals surface area contributed by atoms with Crippen LogP contribution in [0, 0.1) is 23.7 Å². The number of hydrogen-bond donors (Lipinski definition) is 6. The summed E-state index contributed by atoms with van der Waals surface area (Å²) in [6, 6.07) is 0. The molecule has 2 aliphatic carbocycles. The summed E-state index contributed by atoms with van der Waals surface area (Å²) in [4.78, 5) is 0. The molecule has 2 saturated carbocycles. The highest BCUT2D eigenvalue weighted by atomic mass is 16.4. The van der Waals surface area contributed by atoms with Gasteiger partial charge in [-0.15, -0.1) is 0 Å². The van der Waals surface area contributed by atoms with E-state index in [9.17, 15) is 30.6 Å². The minimum absolute atomic E-state index is 0.338. The third-order valence-corrected chi connectivity index (χ3v) is 4.22. The van der Waals surface area contributed by atoms with Gasteiger partial charge in [0.05, 0.1) is 18.3 Å². The molecule has 2 unspecified atom stereocenters. The van der Waals surface area contributed by atoms with Crippen LogP contribution in [0.5, 0.6) is 0 Å². The summed E-state index contributed by atoms with van der Waals surface area (Å²) < 4.78 is 0. The quantitative estimate of drug-likeness (QED) is 0.301. The van der Waals surface area contributed by atoms with Gasteiger partial charge >= 0.3 is 0 Å². The number of aliphatic hydroxyl groups excluding tert-OH is 6. The fourth-order valence-electron chi connectivity index (χ4n) is 3.42. The second kappa shape index (κ2) is 4.21. The van der Waals surface area contributed by atoms with Gasteiger partial charge in [0, 0.05) is 36.9 Å². The van der Waals surface area contributed by atoms with Crippen LogP contribution in [0.1, 0.15) is 0 Å². The molecule has 0 heterocycles. The third-order valence-electron chi connectivity index (χ3n) is 4.22. The van der Waals surface area contributed by atoms with Crippen molar-refractivity contribution in [1.29, 1.82) is 0 Å². The first-order chi connectivity index (χ1) is 7.54. The molecule has 0 aromatic heterocycles. The molecule has 0 aromatic rings.